The number of aryl methyl sites for hydroxylation is 1. The van der Waals surface area contributed by atoms with Crippen LogP contribution in [0.1, 0.15) is 37.0 Å². The first-order valence-corrected chi connectivity index (χ1v) is 11.9. The van der Waals surface area contributed by atoms with Crippen molar-refractivity contribution in [1.82, 2.24) is 10.4 Å². The van der Waals surface area contributed by atoms with Crippen LogP contribution in [0.5, 0.6) is 0 Å². The van der Waals surface area contributed by atoms with Crippen LogP contribution in [0.3, 0.4) is 0 Å². The Morgan fingerprint density at radius 3 is 2.50 bits per heavy atom. The molecule has 0 unspecified atom stereocenters. The molecule has 1 N–H and O–H groups in total. The van der Waals surface area contributed by atoms with Crippen LogP contribution < -0.4 is 10.4 Å². The number of amides is 1. The zero-order valence-electron chi connectivity index (χ0n) is 16.8. The highest BCUT2D eigenvalue weighted by molar-refractivity contribution is 7.16. The average molecular weight is 488 g/mol. The van der Waals surface area contributed by atoms with E-state index in [0.717, 1.165) is 35.1 Å². The van der Waals surface area contributed by atoms with Crippen molar-refractivity contribution in [1.29, 1.82) is 0 Å². The van der Waals surface area contributed by atoms with Crippen LogP contribution in [0.15, 0.2) is 35.4 Å². The van der Waals surface area contributed by atoms with Crippen molar-refractivity contribution in [3.05, 3.63) is 49.6 Å². The van der Waals surface area contributed by atoms with Gasteiger partial charge >= 0.3 is 0 Å². The van der Waals surface area contributed by atoms with Crippen LogP contribution in [0.25, 0.3) is 0 Å². The van der Waals surface area contributed by atoms with Gasteiger partial charge in [-0.2, -0.15) is 5.10 Å². The molecule has 1 aromatic carbocycles. The molecular formula is C21H25Cl3N4OS. The second-order valence-electron chi connectivity index (χ2n) is 7.21. The second kappa shape index (κ2) is 11.3. The summed E-state index contributed by atoms with van der Waals surface area (Å²) in [6, 6.07) is 9.05. The number of nitrogens with zero attached hydrogens (tertiary/aromatic N) is 3. The van der Waals surface area contributed by atoms with Crippen molar-refractivity contribution in [2.75, 3.05) is 25.1 Å². The SMILES string of the molecule is CN(/N=C(\CCc1ccc(Cl)s1)C(=O)NN1CCCCCC1)c1ccc(Cl)cc1Cl. The molecule has 0 spiro atoms. The molecule has 1 saturated heterocycles. The number of halogens is 3. The Balaban J connectivity index is 1.77. The minimum absolute atomic E-state index is 0.184. The van der Waals surface area contributed by atoms with Gasteiger partial charge < -0.3 is 0 Å². The first-order chi connectivity index (χ1) is 14.4. The van der Waals surface area contributed by atoms with Crippen molar-refractivity contribution < 1.29 is 4.79 Å². The first kappa shape index (κ1) is 23.4. The molecule has 3 rings (SSSR count). The van der Waals surface area contributed by atoms with Crippen molar-refractivity contribution >= 4 is 63.4 Å². The second-order valence-corrected chi connectivity index (χ2v) is 9.86. The number of rotatable bonds is 7. The maximum atomic E-state index is 13.1. The molecule has 1 aliphatic heterocycles. The summed E-state index contributed by atoms with van der Waals surface area (Å²) in [5.74, 6) is -0.184. The molecular weight excluding hydrogens is 463 g/mol. The van der Waals surface area contributed by atoms with E-state index in [9.17, 15) is 4.79 Å². The van der Waals surface area contributed by atoms with Gasteiger partial charge in [-0.15, -0.1) is 11.3 Å². The number of benzene rings is 1. The van der Waals surface area contributed by atoms with E-state index in [1.54, 1.807) is 30.3 Å². The number of thiophene rings is 1. The molecule has 1 aliphatic rings. The molecule has 30 heavy (non-hydrogen) atoms. The van der Waals surface area contributed by atoms with Crippen molar-refractivity contribution in [3.63, 3.8) is 0 Å². The van der Waals surface area contributed by atoms with Gasteiger partial charge in [0.1, 0.15) is 5.71 Å². The maximum Gasteiger partial charge on any atom is 0.281 e. The normalized spacial score (nSPS) is 15.7. The summed E-state index contributed by atoms with van der Waals surface area (Å²) in [6.45, 7) is 1.72. The fourth-order valence-corrected chi connectivity index (χ4v) is 4.92. The highest BCUT2D eigenvalue weighted by Crippen LogP contribution is 2.28. The van der Waals surface area contributed by atoms with Gasteiger partial charge in [0.25, 0.3) is 5.91 Å². The molecule has 2 heterocycles. The van der Waals surface area contributed by atoms with E-state index in [2.05, 4.69) is 10.5 Å². The van der Waals surface area contributed by atoms with E-state index in [0.29, 0.717) is 34.3 Å². The van der Waals surface area contributed by atoms with E-state index < -0.39 is 0 Å². The predicted molar refractivity (Wildman–Crippen MR) is 128 cm³/mol. The lowest BCUT2D eigenvalue weighted by atomic mass is 10.2. The topological polar surface area (TPSA) is 47.9 Å². The van der Waals surface area contributed by atoms with Gasteiger partial charge in [-0.05, 0) is 49.6 Å². The lowest BCUT2D eigenvalue weighted by molar-refractivity contribution is -0.119. The molecule has 9 heteroatoms. The number of anilines is 1. The van der Waals surface area contributed by atoms with Gasteiger partial charge in [0.2, 0.25) is 0 Å². The van der Waals surface area contributed by atoms with E-state index in [-0.39, 0.29) is 5.91 Å². The molecule has 162 valence electrons. The number of nitrogens with one attached hydrogen (secondary N) is 1. The number of hydrazine groups is 1. The summed E-state index contributed by atoms with van der Waals surface area (Å²) in [5, 5.41) is 9.26. The number of hydrogen-bond donors (Lipinski definition) is 1. The van der Waals surface area contributed by atoms with Crippen LogP contribution >= 0.6 is 46.1 Å². The van der Waals surface area contributed by atoms with Crippen molar-refractivity contribution in [3.8, 4) is 0 Å². The highest BCUT2D eigenvalue weighted by Gasteiger charge is 2.19. The minimum atomic E-state index is -0.184. The summed E-state index contributed by atoms with van der Waals surface area (Å²) in [6.07, 6.45) is 5.74. The van der Waals surface area contributed by atoms with E-state index in [1.807, 2.05) is 17.1 Å². The standard InChI is InChI=1S/C21H25Cl3N4OS/c1-27(19-10-6-15(22)14-17(19)23)25-18(9-7-16-8-11-20(24)30-16)21(29)26-28-12-4-2-3-5-13-28/h6,8,10-11,14H,2-5,7,9,12-13H2,1H3,(H,26,29)/b25-18+. The molecule has 0 bridgehead atoms. The van der Waals surface area contributed by atoms with Crippen LogP contribution in [0, 0.1) is 0 Å². The van der Waals surface area contributed by atoms with E-state index in [1.165, 1.54) is 24.2 Å². The minimum Gasteiger partial charge on any atom is -0.284 e. The maximum absolute atomic E-state index is 13.1. The van der Waals surface area contributed by atoms with Gasteiger partial charge in [0.05, 0.1) is 15.0 Å². The fraction of sp³-hybridized carbons (Fsp3) is 0.429. The number of hydrogen-bond acceptors (Lipinski definition) is 5. The van der Waals surface area contributed by atoms with Crippen LogP contribution in [0.4, 0.5) is 5.69 Å². The average Bonchev–Trinajstić information content (AvgIpc) is 2.95. The summed E-state index contributed by atoms with van der Waals surface area (Å²) in [5.41, 5.74) is 4.16. The molecule has 2 aromatic rings. The molecule has 0 radical (unpaired) electrons. The Kier molecular flexibility index (Phi) is 8.84. The van der Waals surface area contributed by atoms with Gasteiger partial charge in [-0.1, -0.05) is 47.6 Å². The number of carbonyl (C=O) groups is 1. The van der Waals surface area contributed by atoms with Crippen molar-refractivity contribution in [2.24, 2.45) is 5.10 Å². The smallest absolute Gasteiger partial charge is 0.281 e. The molecule has 1 aromatic heterocycles. The third-order valence-electron chi connectivity index (χ3n) is 4.89. The Morgan fingerprint density at radius 2 is 1.87 bits per heavy atom. The van der Waals surface area contributed by atoms with Crippen LogP contribution in [-0.4, -0.2) is 36.8 Å². The monoisotopic (exact) mass is 486 g/mol. The Hall–Kier alpha value is -1.31. The summed E-state index contributed by atoms with van der Waals surface area (Å²) in [4.78, 5) is 14.2. The molecule has 1 amide bonds. The van der Waals surface area contributed by atoms with Gasteiger partial charge in [0.15, 0.2) is 0 Å². The Morgan fingerprint density at radius 1 is 1.13 bits per heavy atom. The quantitative estimate of drug-likeness (QED) is 0.382. The van der Waals surface area contributed by atoms with Crippen LogP contribution in [-0.2, 0) is 11.2 Å². The van der Waals surface area contributed by atoms with E-state index in [4.69, 9.17) is 34.8 Å². The zero-order chi connectivity index (χ0) is 21.5. The van der Waals surface area contributed by atoms with Gasteiger partial charge in [-0.3, -0.25) is 15.2 Å². The highest BCUT2D eigenvalue weighted by atomic mass is 35.5. The summed E-state index contributed by atoms with van der Waals surface area (Å²) >= 11 is 19.9. The molecule has 0 saturated carbocycles. The zero-order valence-corrected chi connectivity index (χ0v) is 19.9. The molecule has 0 aliphatic carbocycles. The lowest BCUT2D eigenvalue weighted by Crippen LogP contribution is -2.46. The number of carbonyl (C=O) groups excluding carboxylic acids is 1. The molecule has 5 nitrogen and oxygen atoms in total. The predicted octanol–water partition coefficient (Wildman–Crippen LogP) is 6.04. The number of hydrazone groups is 1. The first-order valence-electron chi connectivity index (χ1n) is 9.99. The molecule has 0 atom stereocenters. The Bertz CT molecular complexity index is 894. The van der Waals surface area contributed by atoms with Gasteiger partial charge in [-0.25, -0.2) is 5.01 Å². The Labute approximate surface area is 196 Å². The summed E-state index contributed by atoms with van der Waals surface area (Å²) < 4.78 is 0.738. The summed E-state index contributed by atoms with van der Waals surface area (Å²) in [7, 11) is 1.77. The van der Waals surface area contributed by atoms with Crippen LogP contribution in [0.2, 0.25) is 14.4 Å². The third kappa shape index (κ3) is 6.86. The lowest BCUT2D eigenvalue weighted by Gasteiger charge is -2.22. The van der Waals surface area contributed by atoms with Crippen molar-refractivity contribution in [2.45, 2.75) is 38.5 Å². The van der Waals surface area contributed by atoms with E-state index >= 15 is 0 Å². The largest absolute Gasteiger partial charge is 0.284 e. The fourth-order valence-electron chi connectivity index (χ4n) is 3.31. The third-order valence-corrected chi connectivity index (χ3v) is 6.72. The van der Waals surface area contributed by atoms with Gasteiger partial charge in [0, 0.05) is 36.5 Å². The molecule has 1 fully saturated rings.